The van der Waals surface area contributed by atoms with Gasteiger partial charge in [0, 0.05) is 26.2 Å². The van der Waals surface area contributed by atoms with Crippen molar-refractivity contribution in [1.82, 2.24) is 9.21 Å². The first kappa shape index (κ1) is 19.1. The second-order valence-corrected chi connectivity index (χ2v) is 9.27. The van der Waals surface area contributed by atoms with E-state index in [-0.39, 0.29) is 11.8 Å². The fourth-order valence-corrected chi connectivity index (χ4v) is 4.78. The Hall–Kier alpha value is -1.69. The standard InChI is InChI=1S/C21H28N2O2S/c1-4-26(24,25)23-14-12-22(13-15-23)21(19-8-6-5-7-9-19)20-16-17(2)10-11-18(20)3/h5-11,16,21H,4,12-15H2,1-3H3. The number of hydrogen-bond acceptors (Lipinski definition) is 3. The summed E-state index contributed by atoms with van der Waals surface area (Å²) in [6.45, 7) is 8.59. The lowest BCUT2D eigenvalue weighted by molar-refractivity contribution is 0.155. The maximum atomic E-state index is 12.2. The molecule has 1 aliphatic heterocycles. The van der Waals surface area contributed by atoms with E-state index >= 15 is 0 Å². The van der Waals surface area contributed by atoms with Crippen molar-refractivity contribution in [2.45, 2.75) is 26.8 Å². The molecule has 0 spiro atoms. The molecule has 2 aromatic carbocycles. The number of aryl methyl sites for hydroxylation is 2. The zero-order valence-corrected chi connectivity index (χ0v) is 16.7. The van der Waals surface area contributed by atoms with Gasteiger partial charge in [0.15, 0.2) is 0 Å². The fourth-order valence-electron chi connectivity index (χ4n) is 3.70. The molecule has 0 bridgehead atoms. The lowest BCUT2D eigenvalue weighted by Gasteiger charge is -2.39. The second kappa shape index (κ2) is 7.91. The summed E-state index contributed by atoms with van der Waals surface area (Å²) < 4.78 is 26.0. The number of sulfonamides is 1. The molecule has 5 heteroatoms. The Morgan fingerprint density at radius 1 is 0.962 bits per heavy atom. The van der Waals surface area contributed by atoms with E-state index in [1.807, 2.05) is 6.07 Å². The summed E-state index contributed by atoms with van der Waals surface area (Å²) in [6.07, 6.45) is 0. The average Bonchev–Trinajstić information content (AvgIpc) is 2.66. The average molecular weight is 373 g/mol. The molecule has 1 saturated heterocycles. The topological polar surface area (TPSA) is 40.6 Å². The Morgan fingerprint density at radius 3 is 2.23 bits per heavy atom. The maximum absolute atomic E-state index is 12.2. The molecule has 140 valence electrons. The Balaban J connectivity index is 1.92. The van der Waals surface area contributed by atoms with Gasteiger partial charge in [0.25, 0.3) is 0 Å². The van der Waals surface area contributed by atoms with Crippen molar-refractivity contribution in [3.05, 3.63) is 70.8 Å². The molecule has 1 heterocycles. The first-order valence-corrected chi connectivity index (χ1v) is 10.9. The summed E-state index contributed by atoms with van der Waals surface area (Å²) in [7, 11) is -3.11. The minimum atomic E-state index is -3.11. The minimum absolute atomic E-state index is 0.155. The highest BCUT2D eigenvalue weighted by molar-refractivity contribution is 7.89. The number of nitrogens with zero attached hydrogens (tertiary/aromatic N) is 2. The molecule has 1 aliphatic rings. The smallest absolute Gasteiger partial charge is 0.213 e. The predicted octanol–water partition coefficient (Wildman–Crippen LogP) is 3.36. The molecule has 0 amide bonds. The summed E-state index contributed by atoms with van der Waals surface area (Å²) in [5.41, 5.74) is 5.09. The van der Waals surface area contributed by atoms with Crippen molar-refractivity contribution >= 4 is 10.0 Å². The third-order valence-electron chi connectivity index (χ3n) is 5.24. The zero-order valence-electron chi connectivity index (χ0n) is 15.9. The Labute approximate surface area is 157 Å². The van der Waals surface area contributed by atoms with Crippen LogP contribution in [0.3, 0.4) is 0 Å². The van der Waals surface area contributed by atoms with Gasteiger partial charge in [-0.05, 0) is 37.5 Å². The molecule has 26 heavy (non-hydrogen) atoms. The van der Waals surface area contributed by atoms with Crippen LogP contribution in [0.5, 0.6) is 0 Å². The highest BCUT2D eigenvalue weighted by atomic mass is 32.2. The maximum Gasteiger partial charge on any atom is 0.213 e. The van der Waals surface area contributed by atoms with E-state index in [2.05, 4.69) is 61.2 Å². The number of benzene rings is 2. The Kier molecular flexibility index (Phi) is 5.80. The first-order valence-electron chi connectivity index (χ1n) is 9.26. The van der Waals surface area contributed by atoms with E-state index < -0.39 is 10.0 Å². The first-order chi connectivity index (χ1) is 12.4. The van der Waals surface area contributed by atoms with Gasteiger partial charge in [-0.25, -0.2) is 8.42 Å². The molecule has 0 radical (unpaired) electrons. The van der Waals surface area contributed by atoms with Gasteiger partial charge in [-0.2, -0.15) is 4.31 Å². The molecule has 1 atom stereocenters. The summed E-state index contributed by atoms with van der Waals surface area (Å²) >= 11 is 0. The molecule has 0 N–H and O–H groups in total. The third kappa shape index (κ3) is 4.00. The van der Waals surface area contributed by atoms with E-state index in [1.165, 1.54) is 22.3 Å². The van der Waals surface area contributed by atoms with Crippen LogP contribution < -0.4 is 0 Å². The normalized spacial score (nSPS) is 18.0. The molecular weight excluding hydrogens is 344 g/mol. The van der Waals surface area contributed by atoms with Crippen LogP contribution in [-0.4, -0.2) is 49.6 Å². The van der Waals surface area contributed by atoms with Crippen LogP contribution in [0, 0.1) is 13.8 Å². The number of rotatable bonds is 5. The van der Waals surface area contributed by atoms with Crippen molar-refractivity contribution in [2.75, 3.05) is 31.9 Å². The van der Waals surface area contributed by atoms with Gasteiger partial charge in [-0.15, -0.1) is 0 Å². The molecule has 0 aromatic heterocycles. The van der Waals surface area contributed by atoms with E-state index in [0.717, 1.165) is 13.1 Å². The summed E-state index contributed by atoms with van der Waals surface area (Å²) in [4.78, 5) is 2.42. The Bertz CT molecular complexity index is 842. The van der Waals surface area contributed by atoms with Crippen molar-refractivity contribution in [3.63, 3.8) is 0 Å². The Morgan fingerprint density at radius 2 is 1.62 bits per heavy atom. The molecule has 3 rings (SSSR count). The van der Waals surface area contributed by atoms with Crippen LogP contribution in [0.15, 0.2) is 48.5 Å². The summed E-state index contributed by atoms with van der Waals surface area (Å²) in [5.74, 6) is 0.173. The van der Waals surface area contributed by atoms with Crippen LogP contribution in [0.2, 0.25) is 0 Å². The van der Waals surface area contributed by atoms with Crippen molar-refractivity contribution in [2.24, 2.45) is 0 Å². The van der Waals surface area contributed by atoms with E-state index in [1.54, 1.807) is 11.2 Å². The molecule has 2 aromatic rings. The van der Waals surface area contributed by atoms with E-state index in [4.69, 9.17) is 0 Å². The van der Waals surface area contributed by atoms with Gasteiger partial charge < -0.3 is 0 Å². The lowest BCUT2D eigenvalue weighted by atomic mass is 9.92. The second-order valence-electron chi connectivity index (χ2n) is 7.01. The van der Waals surface area contributed by atoms with Crippen LogP contribution in [0.4, 0.5) is 0 Å². The van der Waals surface area contributed by atoms with Gasteiger partial charge in [0.05, 0.1) is 11.8 Å². The van der Waals surface area contributed by atoms with Crippen molar-refractivity contribution in [3.8, 4) is 0 Å². The van der Waals surface area contributed by atoms with Crippen LogP contribution in [0.1, 0.15) is 35.2 Å². The zero-order chi connectivity index (χ0) is 18.7. The third-order valence-corrected chi connectivity index (χ3v) is 7.12. The fraction of sp³-hybridized carbons (Fsp3) is 0.429. The lowest BCUT2D eigenvalue weighted by Crippen LogP contribution is -2.50. The molecule has 0 saturated carbocycles. The van der Waals surface area contributed by atoms with Gasteiger partial charge >= 0.3 is 0 Å². The monoisotopic (exact) mass is 372 g/mol. The number of piperazine rings is 1. The molecule has 1 fully saturated rings. The van der Waals surface area contributed by atoms with Crippen LogP contribution in [0.25, 0.3) is 0 Å². The van der Waals surface area contributed by atoms with Crippen molar-refractivity contribution < 1.29 is 8.42 Å². The van der Waals surface area contributed by atoms with Gasteiger partial charge in [-0.1, -0.05) is 54.1 Å². The highest BCUT2D eigenvalue weighted by Gasteiger charge is 2.31. The molecular formula is C21H28N2O2S. The van der Waals surface area contributed by atoms with Crippen LogP contribution >= 0.6 is 0 Å². The highest BCUT2D eigenvalue weighted by Crippen LogP contribution is 2.32. The van der Waals surface area contributed by atoms with Crippen molar-refractivity contribution in [1.29, 1.82) is 0 Å². The molecule has 0 aliphatic carbocycles. The summed E-state index contributed by atoms with van der Waals surface area (Å²) in [5, 5.41) is 0. The minimum Gasteiger partial charge on any atom is -0.290 e. The van der Waals surface area contributed by atoms with Gasteiger partial charge in [0.1, 0.15) is 0 Å². The van der Waals surface area contributed by atoms with Gasteiger partial charge in [0.2, 0.25) is 10.0 Å². The molecule has 4 nitrogen and oxygen atoms in total. The molecule has 1 unspecified atom stereocenters. The van der Waals surface area contributed by atoms with E-state index in [0.29, 0.717) is 13.1 Å². The summed E-state index contributed by atoms with van der Waals surface area (Å²) in [6, 6.07) is 17.3. The number of hydrogen-bond donors (Lipinski definition) is 0. The van der Waals surface area contributed by atoms with Crippen LogP contribution in [-0.2, 0) is 10.0 Å². The predicted molar refractivity (Wildman–Crippen MR) is 107 cm³/mol. The van der Waals surface area contributed by atoms with E-state index in [9.17, 15) is 8.42 Å². The van der Waals surface area contributed by atoms with Gasteiger partial charge in [-0.3, -0.25) is 4.90 Å². The SMILES string of the molecule is CCS(=O)(=O)N1CCN(C(c2ccccc2)c2cc(C)ccc2C)CC1. The largest absolute Gasteiger partial charge is 0.290 e. The quantitative estimate of drug-likeness (QED) is 0.808.